The van der Waals surface area contributed by atoms with E-state index in [0.717, 1.165) is 6.20 Å². The number of nitrogens with two attached hydrogens (primary N) is 1. The van der Waals surface area contributed by atoms with Crippen molar-refractivity contribution in [1.82, 2.24) is 10.4 Å². The van der Waals surface area contributed by atoms with Crippen LogP contribution in [-0.4, -0.2) is 11.6 Å². The molecule has 1 unspecified atom stereocenters. The second-order valence-corrected chi connectivity index (χ2v) is 4.32. The number of aromatic nitrogens is 1. The first-order valence-electron chi connectivity index (χ1n) is 5.64. The largest absolute Gasteiger partial charge is 0.491 e. The SMILES string of the molecule is NNC(COc1cccc(Cl)c1)c1ccncc1F. The average Bonchev–Trinajstić information content (AvgIpc) is 2.41. The molecule has 0 saturated carbocycles. The van der Waals surface area contributed by atoms with Crippen molar-refractivity contribution in [2.75, 3.05) is 6.61 Å². The maximum absolute atomic E-state index is 13.6. The molecule has 6 heteroatoms. The lowest BCUT2D eigenvalue weighted by Gasteiger charge is -2.17. The van der Waals surface area contributed by atoms with Gasteiger partial charge in [0.1, 0.15) is 18.2 Å². The van der Waals surface area contributed by atoms with Gasteiger partial charge in [0.15, 0.2) is 0 Å². The minimum atomic E-state index is -0.470. The van der Waals surface area contributed by atoms with Crippen LogP contribution in [0.2, 0.25) is 5.02 Å². The molecule has 1 aromatic carbocycles. The van der Waals surface area contributed by atoms with Crippen molar-refractivity contribution in [3.05, 3.63) is 59.1 Å². The molecule has 1 atom stereocenters. The van der Waals surface area contributed by atoms with Gasteiger partial charge in [-0.2, -0.15) is 0 Å². The summed E-state index contributed by atoms with van der Waals surface area (Å²) in [6.07, 6.45) is 2.64. The van der Waals surface area contributed by atoms with Crippen LogP contribution in [0.15, 0.2) is 42.7 Å². The Morgan fingerprint density at radius 2 is 2.26 bits per heavy atom. The van der Waals surface area contributed by atoms with Gasteiger partial charge >= 0.3 is 0 Å². The fourth-order valence-corrected chi connectivity index (χ4v) is 1.81. The first kappa shape index (κ1) is 13.7. The Balaban J connectivity index is 2.06. The van der Waals surface area contributed by atoms with E-state index < -0.39 is 11.9 Å². The van der Waals surface area contributed by atoms with Gasteiger partial charge in [0, 0.05) is 16.8 Å². The number of hydrogen-bond donors (Lipinski definition) is 2. The summed E-state index contributed by atoms with van der Waals surface area (Å²) in [5, 5.41) is 0.574. The lowest BCUT2D eigenvalue weighted by atomic mass is 10.1. The summed E-state index contributed by atoms with van der Waals surface area (Å²) in [6.45, 7) is 0.178. The van der Waals surface area contributed by atoms with Crippen molar-refractivity contribution in [1.29, 1.82) is 0 Å². The molecular weight excluding hydrogens is 269 g/mol. The Morgan fingerprint density at radius 1 is 1.42 bits per heavy atom. The normalized spacial score (nSPS) is 12.2. The van der Waals surface area contributed by atoms with Gasteiger partial charge in [-0.1, -0.05) is 17.7 Å². The van der Waals surface area contributed by atoms with Crippen LogP contribution < -0.4 is 16.0 Å². The summed E-state index contributed by atoms with van der Waals surface area (Å²) in [4.78, 5) is 3.69. The molecule has 19 heavy (non-hydrogen) atoms. The molecule has 0 saturated heterocycles. The molecule has 0 radical (unpaired) electrons. The van der Waals surface area contributed by atoms with E-state index in [2.05, 4.69) is 10.4 Å². The van der Waals surface area contributed by atoms with Crippen LogP contribution in [0.4, 0.5) is 4.39 Å². The summed E-state index contributed by atoms with van der Waals surface area (Å²) >= 11 is 5.85. The Morgan fingerprint density at radius 3 is 2.95 bits per heavy atom. The number of benzene rings is 1. The van der Waals surface area contributed by atoms with Crippen molar-refractivity contribution < 1.29 is 9.13 Å². The number of ether oxygens (including phenoxy) is 1. The average molecular weight is 282 g/mol. The van der Waals surface area contributed by atoms with Gasteiger partial charge in [-0.3, -0.25) is 10.8 Å². The van der Waals surface area contributed by atoms with Crippen LogP contribution in [-0.2, 0) is 0 Å². The van der Waals surface area contributed by atoms with E-state index in [9.17, 15) is 4.39 Å². The van der Waals surface area contributed by atoms with Crippen molar-refractivity contribution in [3.8, 4) is 5.75 Å². The van der Waals surface area contributed by atoms with Crippen LogP contribution in [0.3, 0.4) is 0 Å². The number of halogens is 2. The highest BCUT2D eigenvalue weighted by molar-refractivity contribution is 6.30. The lowest BCUT2D eigenvalue weighted by Crippen LogP contribution is -2.33. The number of hydrogen-bond acceptors (Lipinski definition) is 4. The summed E-state index contributed by atoms with van der Waals surface area (Å²) in [5.74, 6) is 5.59. The molecular formula is C13H13ClFN3O. The summed E-state index contributed by atoms with van der Waals surface area (Å²) in [7, 11) is 0. The molecule has 0 aliphatic carbocycles. The zero-order chi connectivity index (χ0) is 13.7. The molecule has 0 amide bonds. The third-order valence-electron chi connectivity index (χ3n) is 2.59. The number of hydrazine groups is 1. The quantitative estimate of drug-likeness (QED) is 0.653. The van der Waals surface area contributed by atoms with Gasteiger partial charge < -0.3 is 4.74 Å². The van der Waals surface area contributed by atoms with E-state index in [-0.39, 0.29) is 6.61 Å². The van der Waals surface area contributed by atoms with E-state index in [4.69, 9.17) is 22.2 Å². The predicted molar refractivity (Wildman–Crippen MR) is 71.2 cm³/mol. The van der Waals surface area contributed by atoms with Gasteiger partial charge in [0.2, 0.25) is 0 Å². The Hall–Kier alpha value is -1.69. The fourth-order valence-electron chi connectivity index (χ4n) is 1.63. The van der Waals surface area contributed by atoms with Crippen LogP contribution in [0.25, 0.3) is 0 Å². The smallest absolute Gasteiger partial charge is 0.146 e. The molecule has 1 aromatic heterocycles. The highest BCUT2D eigenvalue weighted by atomic mass is 35.5. The molecule has 0 spiro atoms. The third-order valence-corrected chi connectivity index (χ3v) is 2.83. The zero-order valence-electron chi connectivity index (χ0n) is 10.0. The van der Waals surface area contributed by atoms with Crippen molar-refractivity contribution >= 4 is 11.6 Å². The first-order valence-corrected chi connectivity index (χ1v) is 6.02. The van der Waals surface area contributed by atoms with Crippen LogP contribution in [0.1, 0.15) is 11.6 Å². The minimum absolute atomic E-state index is 0.178. The predicted octanol–water partition coefficient (Wildman–Crippen LogP) is 2.46. The Labute approximate surface area is 115 Å². The maximum Gasteiger partial charge on any atom is 0.146 e. The van der Waals surface area contributed by atoms with E-state index in [1.165, 1.54) is 6.20 Å². The number of pyridine rings is 1. The molecule has 1 heterocycles. The lowest BCUT2D eigenvalue weighted by molar-refractivity contribution is 0.264. The number of nitrogens with one attached hydrogen (secondary N) is 1. The molecule has 2 rings (SSSR count). The highest BCUT2D eigenvalue weighted by Gasteiger charge is 2.15. The standard InChI is InChI=1S/C13H13ClFN3O/c14-9-2-1-3-10(6-9)19-8-13(18-16)11-4-5-17-7-12(11)15/h1-7,13,18H,8,16H2. The van der Waals surface area contributed by atoms with E-state index in [1.54, 1.807) is 30.3 Å². The van der Waals surface area contributed by atoms with E-state index >= 15 is 0 Å². The third kappa shape index (κ3) is 3.64. The monoisotopic (exact) mass is 281 g/mol. The summed E-state index contributed by atoms with van der Waals surface area (Å²) in [6, 6.07) is 8.05. The van der Waals surface area contributed by atoms with Gasteiger partial charge in [-0.15, -0.1) is 0 Å². The van der Waals surface area contributed by atoms with Crippen molar-refractivity contribution in [2.24, 2.45) is 5.84 Å². The Bertz CT molecular complexity index is 553. The van der Waals surface area contributed by atoms with Crippen LogP contribution >= 0.6 is 11.6 Å². The summed E-state index contributed by atoms with van der Waals surface area (Å²) < 4.78 is 19.1. The number of rotatable bonds is 5. The molecule has 100 valence electrons. The minimum Gasteiger partial charge on any atom is -0.491 e. The second-order valence-electron chi connectivity index (χ2n) is 3.88. The van der Waals surface area contributed by atoms with Crippen molar-refractivity contribution in [2.45, 2.75) is 6.04 Å². The van der Waals surface area contributed by atoms with Crippen molar-refractivity contribution in [3.63, 3.8) is 0 Å². The maximum atomic E-state index is 13.6. The first-order chi connectivity index (χ1) is 9.20. The molecule has 0 fully saturated rings. The molecule has 4 nitrogen and oxygen atoms in total. The van der Waals surface area contributed by atoms with Gasteiger partial charge in [0.25, 0.3) is 0 Å². The Kier molecular flexibility index (Phi) is 4.68. The van der Waals surface area contributed by atoms with E-state index in [1.807, 2.05) is 0 Å². The topological polar surface area (TPSA) is 60.2 Å². The molecule has 0 bridgehead atoms. The van der Waals surface area contributed by atoms with Gasteiger partial charge in [-0.05, 0) is 24.3 Å². The molecule has 3 N–H and O–H groups in total. The van der Waals surface area contributed by atoms with Gasteiger partial charge in [0.05, 0.1) is 12.2 Å². The number of nitrogens with zero attached hydrogens (tertiary/aromatic N) is 1. The van der Waals surface area contributed by atoms with Crippen LogP contribution in [0, 0.1) is 5.82 Å². The molecule has 0 aliphatic rings. The zero-order valence-corrected chi connectivity index (χ0v) is 10.8. The summed E-state index contributed by atoms with van der Waals surface area (Å²) in [5.41, 5.74) is 2.92. The van der Waals surface area contributed by atoms with Crippen LogP contribution in [0.5, 0.6) is 5.75 Å². The second kappa shape index (κ2) is 6.47. The van der Waals surface area contributed by atoms with E-state index in [0.29, 0.717) is 16.3 Å². The van der Waals surface area contributed by atoms with Gasteiger partial charge in [-0.25, -0.2) is 9.82 Å². The highest BCUT2D eigenvalue weighted by Crippen LogP contribution is 2.20. The fraction of sp³-hybridized carbons (Fsp3) is 0.154. The molecule has 2 aromatic rings. The molecule has 0 aliphatic heterocycles.